The monoisotopic (exact) mass is 462 g/mol. The van der Waals surface area contributed by atoms with Gasteiger partial charge in [-0.2, -0.15) is 13.2 Å². The van der Waals surface area contributed by atoms with E-state index in [9.17, 15) is 22.8 Å². The van der Waals surface area contributed by atoms with Crippen LogP contribution in [0.3, 0.4) is 0 Å². The van der Waals surface area contributed by atoms with Gasteiger partial charge in [-0.15, -0.1) is 0 Å². The van der Waals surface area contributed by atoms with Gasteiger partial charge in [-0.1, -0.05) is 0 Å². The maximum absolute atomic E-state index is 13.2. The molecule has 1 atom stereocenters. The molecule has 1 aromatic carbocycles. The molecule has 1 aliphatic carbocycles. The molecule has 1 aliphatic heterocycles. The van der Waals surface area contributed by atoms with E-state index in [2.05, 4.69) is 4.90 Å². The molecule has 2 heterocycles. The Balaban J connectivity index is 1.60. The summed E-state index contributed by atoms with van der Waals surface area (Å²) in [6.07, 6.45) is -2.35. The third-order valence-electron chi connectivity index (χ3n) is 7.46. The number of carbonyl (C=O) groups excluding carboxylic acids is 2. The van der Waals surface area contributed by atoms with E-state index in [1.165, 1.54) is 6.07 Å². The Hall–Kier alpha value is -2.61. The highest BCUT2D eigenvalue weighted by molar-refractivity contribution is 5.99. The van der Waals surface area contributed by atoms with Crippen LogP contribution in [0.15, 0.2) is 30.3 Å². The molecule has 1 spiro atoms. The van der Waals surface area contributed by atoms with E-state index >= 15 is 0 Å². The quantitative estimate of drug-likeness (QED) is 0.577. The topological polar surface area (TPSA) is 51.5 Å². The van der Waals surface area contributed by atoms with Crippen molar-refractivity contribution in [3.8, 4) is 5.75 Å². The number of benzene rings is 1. The van der Waals surface area contributed by atoms with Crippen LogP contribution in [-0.2, 0) is 5.54 Å². The number of likely N-dealkylation sites (N-methyl/N-ethyl adjacent to an activating group) is 1. The number of aromatic nitrogens is 1. The van der Waals surface area contributed by atoms with Crippen molar-refractivity contribution < 1.29 is 27.5 Å². The molecule has 0 bridgehead atoms. The van der Waals surface area contributed by atoms with Crippen LogP contribution in [-0.4, -0.2) is 47.9 Å². The number of fused-ring (bicyclic) bond motifs is 2. The van der Waals surface area contributed by atoms with Crippen molar-refractivity contribution in [2.75, 3.05) is 20.7 Å². The summed E-state index contributed by atoms with van der Waals surface area (Å²) in [7, 11) is 3.57. The predicted molar refractivity (Wildman–Crippen MR) is 118 cm³/mol. The second-order valence-corrected chi connectivity index (χ2v) is 9.38. The summed E-state index contributed by atoms with van der Waals surface area (Å²) in [5.41, 5.74) is 1.51. The van der Waals surface area contributed by atoms with Gasteiger partial charge < -0.3 is 9.30 Å². The average molecular weight is 463 g/mol. The van der Waals surface area contributed by atoms with E-state index in [4.69, 9.17) is 4.74 Å². The summed E-state index contributed by atoms with van der Waals surface area (Å²) < 4.78 is 46.4. The Bertz CT molecular complexity index is 1080. The molecule has 0 N–H and O–H groups in total. The molecule has 0 amide bonds. The molecular formula is C25H29F3N2O3. The number of rotatable bonds is 4. The van der Waals surface area contributed by atoms with Crippen molar-refractivity contribution in [1.82, 2.24) is 9.47 Å². The number of hydrogen-bond donors (Lipinski definition) is 0. The molecule has 8 heteroatoms. The van der Waals surface area contributed by atoms with Crippen LogP contribution in [0.4, 0.5) is 13.2 Å². The number of aryl methyl sites for hydroxylation is 1. The van der Waals surface area contributed by atoms with E-state index in [1.807, 2.05) is 27.0 Å². The number of alkyl halides is 3. The maximum Gasteiger partial charge on any atom is 0.456 e. The minimum atomic E-state index is -4.91. The molecule has 2 aliphatic rings. The Morgan fingerprint density at radius 3 is 2.36 bits per heavy atom. The number of nitrogens with zero attached hydrogens (tertiary/aromatic N) is 2. The van der Waals surface area contributed by atoms with Gasteiger partial charge in [0.05, 0.1) is 18.3 Å². The number of halogens is 3. The van der Waals surface area contributed by atoms with Gasteiger partial charge >= 0.3 is 6.18 Å². The van der Waals surface area contributed by atoms with Crippen LogP contribution in [0.5, 0.6) is 5.75 Å². The molecule has 1 unspecified atom stereocenters. The number of Topliss-reactive ketones (excluding diaryl/α,β-unsaturated/α-hetero) is 2. The van der Waals surface area contributed by atoms with Gasteiger partial charge in [-0.25, -0.2) is 0 Å². The molecule has 2 aromatic rings. The van der Waals surface area contributed by atoms with E-state index in [1.54, 1.807) is 29.9 Å². The van der Waals surface area contributed by atoms with Crippen LogP contribution in [0.2, 0.25) is 0 Å². The first kappa shape index (κ1) is 23.5. The molecule has 1 aromatic heterocycles. The second kappa shape index (κ2) is 8.31. The van der Waals surface area contributed by atoms with Gasteiger partial charge in [0.25, 0.3) is 5.78 Å². The summed E-state index contributed by atoms with van der Waals surface area (Å²) in [6.45, 7) is 4.27. The third kappa shape index (κ3) is 3.88. The summed E-state index contributed by atoms with van der Waals surface area (Å²) in [5, 5.41) is 0. The summed E-state index contributed by atoms with van der Waals surface area (Å²) in [6, 6.07) is 8.15. The summed E-state index contributed by atoms with van der Waals surface area (Å²) in [5.74, 6) is -1.13. The van der Waals surface area contributed by atoms with Crippen molar-refractivity contribution in [1.29, 1.82) is 0 Å². The molecule has 1 fully saturated rings. The van der Waals surface area contributed by atoms with Gasteiger partial charge in [0, 0.05) is 29.8 Å². The molecule has 5 nitrogen and oxygen atoms in total. The van der Waals surface area contributed by atoms with Crippen molar-refractivity contribution in [3.63, 3.8) is 0 Å². The maximum atomic E-state index is 13.2. The van der Waals surface area contributed by atoms with Crippen molar-refractivity contribution >= 4 is 11.6 Å². The zero-order valence-electron chi connectivity index (χ0n) is 19.3. The van der Waals surface area contributed by atoms with Gasteiger partial charge in [0.15, 0.2) is 5.78 Å². The number of hydrogen-bond acceptors (Lipinski definition) is 4. The highest BCUT2D eigenvalue weighted by Gasteiger charge is 2.49. The largest absolute Gasteiger partial charge is 0.496 e. The minimum Gasteiger partial charge on any atom is -0.496 e. The number of ketones is 2. The molecule has 0 radical (unpaired) electrons. The lowest BCUT2D eigenvalue weighted by molar-refractivity contribution is -0.0894. The first-order valence-electron chi connectivity index (χ1n) is 11.2. The molecule has 1 saturated carbocycles. The van der Waals surface area contributed by atoms with Gasteiger partial charge in [0.2, 0.25) is 0 Å². The van der Waals surface area contributed by atoms with Crippen LogP contribution in [0, 0.1) is 12.8 Å². The van der Waals surface area contributed by atoms with Crippen molar-refractivity contribution in [3.05, 3.63) is 52.8 Å². The molecule has 0 saturated heterocycles. The summed E-state index contributed by atoms with van der Waals surface area (Å²) >= 11 is 0. The van der Waals surface area contributed by atoms with E-state index in [-0.39, 0.29) is 23.4 Å². The van der Waals surface area contributed by atoms with Crippen LogP contribution >= 0.6 is 0 Å². The molecule has 4 rings (SSSR count). The predicted octanol–water partition coefficient (Wildman–Crippen LogP) is 5.32. The highest BCUT2D eigenvalue weighted by Crippen LogP contribution is 2.48. The zero-order chi connectivity index (χ0) is 24.1. The first-order valence-corrected chi connectivity index (χ1v) is 11.2. The lowest BCUT2D eigenvalue weighted by Crippen LogP contribution is -2.54. The molecule has 178 valence electrons. The molecule has 33 heavy (non-hydrogen) atoms. The van der Waals surface area contributed by atoms with Crippen LogP contribution < -0.4 is 4.74 Å². The Labute approximate surface area is 191 Å². The Morgan fingerprint density at radius 1 is 1.12 bits per heavy atom. The fraction of sp³-hybridized carbons (Fsp3) is 0.520. The Kier molecular flexibility index (Phi) is 5.93. The number of methoxy groups -OCH3 is 1. The van der Waals surface area contributed by atoms with Crippen LogP contribution in [0.25, 0.3) is 0 Å². The number of carbonyl (C=O) groups is 2. The lowest BCUT2D eigenvalue weighted by Gasteiger charge is -2.51. The fourth-order valence-corrected chi connectivity index (χ4v) is 5.74. The smallest absolute Gasteiger partial charge is 0.456 e. The summed E-state index contributed by atoms with van der Waals surface area (Å²) in [4.78, 5) is 27.4. The van der Waals surface area contributed by atoms with E-state index in [0.717, 1.165) is 17.0 Å². The average Bonchev–Trinajstić information content (AvgIpc) is 3.22. The van der Waals surface area contributed by atoms with E-state index in [0.29, 0.717) is 37.8 Å². The van der Waals surface area contributed by atoms with Gasteiger partial charge in [0.1, 0.15) is 5.75 Å². The second-order valence-electron chi connectivity index (χ2n) is 9.38. The number of ether oxygens (including phenoxy) is 1. The Morgan fingerprint density at radius 2 is 1.79 bits per heavy atom. The fourth-order valence-electron chi connectivity index (χ4n) is 5.74. The van der Waals surface area contributed by atoms with Gasteiger partial charge in [-0.3, -0.25) is 14.5 Å². The molecular weight excluding hydrogens is 433 g/mol. The standard InChI is InChI=1S/C25H29F3N2O3/c1-15-13-18(5-7-20(15)33-4)22(31)17-9-11-24(12-10-17)21-8-6-19(23(32)25(26,27)28)30(21)16(2)14-29(24)3/h5-8,13,16-17H,9-12,14H2,1-4H3. The lowest BCUT2D eigenvalue weighted by atomic mass is 9.71. The zero-order valence-corrected chi connectivity index (χ0v) is 19.3. The van der Waals surface area contributed by atoms with Crippen molar-refractivity contribution in [2.24, 2.45) is 5.92 Å². The van der Waals surface area contributed by atoms with Crippen LogP contribution in [0.1, 0.15) is 70.8 Å². The first-order chi connectivity index (χ1) is 15.5. The minimum absolute atomic E-state index is 0.0887. The highest BCUT2D eigenvalue weighted by atomic mass is 19.4. The third-order valence-corrected chi connectivity index (χ3v) is 7.46. The SMILES string of the molecule is COc1ccc(C(=O)C2CCC3(CC2)c2ccc(C(=O)C(F)(F)F)n2C(C)CN3C)cc1C. The normalized spacial score (nSPS) is 25.7. The van der Waals surface area contributed by atoms with E-state index < -0.39 is 17.5 Å². The van der Waals surface area contributed by atoms with Gasteiger partial charge in [-0.05, 0) is 82.5 Å². The van der Waals surface area contributed by atoms with Crippen molar-refractivity contribution in [2.45, 2.75) is 57.3 Å².